The second-order valence-electron chi connectivity index (χ2n) is 3.36. The number of hydrogen-bond acceptors (Lipinski definition) is 7. The summed E-state index contributed by atoms with van der Waals surface area (Å²) in [7, 11) is -2.73. The molecule has 0 saturated carbocycles. The van der Waals surface area contributed by atoms with Crippen LogP contribution in [0, 0.1) is 11.3 Å². The molecule has 0 aliphatic rings. The highest BCUT2D eigenvalue weighted by molar-refractivity contribution is 7.91. The molecule has 18 heavy (non-hydrogen) atoms. The van der Waals surface area contributed by atoms with Gasteiger partial charge in [0.25, 0.3) is 10.0 Å². The number of nitriles is 1. The van der Waals surface area contributed by atoms with Gasteiger partial charge in [0, 0.05) is 6.04 Å². The molecule has 0 aliphatic heterocycles. The summed E-state index contributed by atoms with van der Waals surface area (Å²) in [4.78, 5) is 15.0. The molecule has 0 aliphatic carbocycles. The summed E-state index contributed by atoms with van der Waals surface area (Å²) in [6.07, 6.45) is 0.0333. The van der Waals surface area contributed by atoms with Crippen LogP contribution in [-0.4, -0.2) is 32.5 Å². The average Bonchev–Trinajstić information content (AvgIpc) is 2.77. The normalized spacial score (nSPS) is 12.7. The number of nitrogens with zero attached hydrogens (tertiary/aromatic N) is 2. The molecule has 0 radical (unpaired) electrons. The van der Waals surface area contributed by atoms with Gasteiger partial charge in [-0.25, -0.2) is 22.9 Å². The van der Waals surface area contributed by atoms with Crippen LogP contribution in [0.2, 0.25) is 0 Å². The van der Waals surface area contributed by atoms with Gasteiger partial charge in [-0.3, -0.25) is 0 Å². The molecule has 1 atom stereocenters. The van der Waals surface area contributed by atoms with Gasteiger partial charge in [-0.15, -0.1) is 11.3 Å². The van der Waals surface area contributed by atoms with Crippen molar-refractivity contribution in [2.45, 2.75) is 23.6 Å². The van der Waals surface area contributed by atoms with E-state index in [9.17, 15) is 13.2 Å². The molecule has 0 fully saturated rings. The highest BCUT2D eigenvalue weighted by Crippen LogP contribution is 2.21. The van der Waals surface area contributed by atoms with Crippen LogP contribution in [0.25, 0.3) is 0 Å². The Balaban J connectivity index is 3.03. The maximum Gasteiger partial charge on any atom is 0.358 e. The molecule has 1 heterocycles. The summed E-state index contributed by atoms with van der Waals surface area (Å²) in [6.45, 7) is 1.56. The monoisotopic (exact) mass is 289 g/mol. The Hall–Kier alpha value is -1.50. The van der Waals surface area contributed by atoms with E-state index in [1.54, 1.807) is 6.92 Å². The molecule has 0 aromatic carbocycles. The molecule has 0 saturated heterocycles. The molecule has 1 N–H and O–H groups in total. The number of ether oxygens (including phenoxy) is 1. The van der Waals surface area contributed by atoms with Crippen LogP contribution in [0.5, 0.6) is 0 Å². The van der Waals surface area contributed by atoms with Gasteiger partial charge >= 0.3 is 5.97 Å². The van der Waals surface area contributed by atoms with Crippen LogP contribution < -0.4 is 4.72 Å². The molecule has 98 valence electrons. The van der Waals surface area contributed by atoms with E-state index in [0.29, 0.717) is 0 Å². The summed E-state index contributed by atoms with van der Waals surface area (Å²) >= 11 is 0.815. The molecular formula is C9H11N3O4S2. The van der Waals surface area contributed by atoms with E-state index >= 15 is 0 Å². The number of aromatic nitrogens is 1. The highest BCUT2D eigenvalue weighted by Gasteiger charge is 2.27. The Bertz CT molecular complexity index is 573. The predicted molar refractivity (Wildman–Crippen MR) is 63.5 cm³/mol. The number of thiazole rings is 1. The predicted octanol–water partition coefficient (Wildman–Crippen LogP) is 0.510. The number of rotatable bonds is 5. The number of esters is 1. The SMILES string of the molecule is COC(=O)c1ncsc1S(=O)(=O)NC(C)CC#N. The summed E-state index contributed by atoms with van der Waals surface area (Å²) in [5.41, 5.74) is 0.995. The summed E-state index contributed by atoms with van der Waals surface area (Å²) in [5, 5.41) is 8.48. The fourth-order valence-corrected chi connectivity index (χ4v) is 3.55. The van der Waals surface area contributed by atoms with E-state index < -0.39 is 22.0 Å². The van der Waals surface area contributed by atoms with Gasteiger partial charge in [-0.2, -0.15) is 5.26 Å². The largest absolute Gasteiger partial charge is 0.464 e. The van der Waals surface area contributed by atoms with Crippen molar-refractivity contribution in [2.75, 3.05) is 7.11 Å². The maximum absolute atomic E-state index is 12.0. The molecule has 7 nitrogen and oxygen atoms in total. The zero-order chi connectivity index (χ0) is 13.8. The van der Waals surface area contributed by atoms with Crippen molar-refractivity contribution in [1.82, 2.24) is 9.71 Å². The minimum atomic E-state index is -3.87. The van der Waals surface area contributed by atoms with E-state index in [-0.39, 0.29) is 16.3 Å². The Morgan fingerprint density at radius 2 is 2.39 bits per heavy atom. The van der Waals surface area contributed by atoms with E-state index in [1.165, 1.54) is 5.51 Å². The average molecular weight is 289 g/mol. The minimum absolute atomic E-state index is 0.0333. The van der Waals surface area contributed by atoms with Crippen molar-refractivity contribution in [1.29, 1.82) is 5.26 Å². The quantitative estimate of drug-likeness (QED) is 0.791. The van der Waals surface area contributed by atoms with E-state index in [4.69, 9.17) is 5.26 Å². The van der Waals surface area contributed by atoms with Crippen molar-refractivity contribution in [3.8, 4) is 6.07 Å². The van der Waals surface area contributed by atoms with Crippen molar-refractivity contribution < 1.29 is 17.9 Å². The minimum Gasteiger partial charge on any atom is -0.464 e. The number of methoxy groups -OCH3 is 1. The second kappa shape index (κ2) is 5.90. The highest BCUT2D eigenvalue weighted by atomic mass is 32.2. The molecular weight excluding hydrogens is 278 g/mol. The maximum atomic E-state index is 12.0. The molecule has 1 unspecified atom stereocenters. The molecule has 0 spiro atoms. The first-order chi connectivity index (χ1) is 8.42. The Morgan fingerprint density at radius 1 is 1.72 bits per heavy atom. The lowest BCUT2D eigenvalue weighted by atomic mass is 10.3. The number of hydrogen-bond donors (Lipinski definition) is 1. The fraction of sp³-hybridized carbons (Fsp3) is 0.444. The third-order valence-corrected chi connectivity index (χ3v) is 4.87. The zero-order valence-corrected chi connectivity index (χ0v) is 11.3. The second-order valence-corrected chi connectivity index (χ2v) is 6.13. The van der Waals surface area contributed by atoms with Crippen LogP contribution in [0.4, 0.5) is 0 Å². The Morgan fingerprint density at radius 3 is 2.94 bits per heavy atom. The van der Waals surface area contributed by atoms with Crippen molar-refractivity contribution in [2.24, 2.45) is 0 Å². The van der Waals surface area contributed by atoms with Crippen molar-refractivity contribution in [3.63, 3.8) is 0 Å². The topological polar surface area (TPSA) is 109 Å². The first-order valence-electron chi connectivity index (χ1n) is 4.83. The molecule has 0 bridgehead atoms. The van der Waals surface area contributed by atoms with Crippen LogP contribution in [0.1, 0.15) is 23.8 Å². The smallest absolute Gasteiger partial charge is 0.358 e. The molecule has 9 heteroatoms. The van der Waals surface area contributed by atoms with Crippen LogP contribution in [0.15, 0.2) is 9.72 Å². The number of carbonyl (C=O) groups is 1. The molecule has 1 aromatic rings. The summed E-state index contributed by atoms with van der Waals surface area (Å²) in [5.74, 6) is -0.815. The Labute approximate surface area is 108 Å². The van der Waals surface area contributed by atoms with E-state index in [1.807, 2.05) is 6.07 Å². The Kier molecular flexibility index (Phi) is 4.77. The van der Waals surface area contributed by atoms with Gasteiger partial charge in [0.1, 0.15) is 0 Å². The molecule has 0 amide bonds. The van der Waals surface area contributed by atoms with Crippen LogP contribution in [0.3, 0.4) is 0 Å². The lowest BCUT2D eigenvalue weighted by Crippen LogP contribution is -2.32. The van der Waals surface area contributed by atoms with Gasteiger partial charge < -0.3 is 4.74 Å². The number of sulfonamides is 1. The van der Waals surface area contributed by atoms with Crippen LogP contribution in [-0.2, 0) is 14.8 Å². The van der Waals surface area contributed by atoms with Crippen molar-refractivity contribution in [3.05, 3.63) is 11.2 Å². The lowest BCUT2D eigenvalue weighted by Gasteiger charge is -2.10. The van der Waals surface area contributed by atoms with Gasteiger partial charge in [-0.05, 0) is 6.92 Å². The summed E-state index contributed by atoms with van der Waals surface area (Å²) in [6, 6.07) is 1.30. The zero-order valence-electron chi connectivity index (χ0n) is 9.71. The summed E-state index contributed by atoms with van der Waals surface area (Å²) < 4.78 is 30.4. The van der Waals surface area contributed by atoms with Gasteiger partial charge in [-0.1, -0.05) is 0 Å². The third kappa shape index (κ3) is 3.25. The molecule has 1 aromatic heterocycles. The first kappa shape index (κ1) is 14.6. The van der Waals surface area contributed by atoms with Gasteiger partial charge in [0.15, 0.2) is 9.90 Å². The van der Waals surface area contributed by atoms with Crippen LogP contribution >= 0.6 is 11.3 Å². The fourth-order valence-electron chi connectivity index (χ4n) is 1.16. The van der Waals surface area contributed by atoms with Gasteiger partial charge in [0.05, 0.1) is 25.1 Å². The number of carbonyl (C=O) groups excluding carboxylic acids is 1. The number of nitrogens with one attached hydrogen (secondary N) is 1. The third-order valence-electron chi connectivity index (χ3n) is 1.91. The molecule has 1 rings (SSSR count). The standard InChI is InChI=1S/C9H11N3O4S2/c1-6(3-4-10)12-18(14,15)9-7(8(13)16-2)11-5-17-9/h5-6,12H,3H2,1-2H3. The van der Waals surface area contributed by atoms with Crippen molar-refractivity contribution >= 4 is 27.3 Å². The van der Waals surface area contributed by atoms with E-state index in [0.717, 1.165) is 18.4 Å². The van der Waals surface area contributed by atoms with Gasteiger partial charge in [0.2, 0.25) is 0 Å². The lowest BCUT2D eigenvalue weighted by molar-refractivity contribution is 0.0590. The van der Waals surface area contributed by atoms with E-state index in [2.05, 4.69) is 14.4 Å². The first-order valence-corrected chi connectivity index (χ1v) is 7.19.